The first-order chi connectivity index (χ1) is 13.2. The Hall–Kier alpha value is -3.08. The summed E-state index contributed by atoms with van der Waals surface area (Å²) in [5.41, 5.74) is 2.14. The quantitative estimate of drug-likeness (QED) is 0.609. The highest BCUT2D eigenvalue weighted by Gasteiger charge is 2.14. The highest BCUT2D eigenvalue weighted by Crippen LogP contribution is 2.28. The molecule has 0 spiro atoms. The van der Waals surface area contributed by atoms with Crippen LogP contribution in [0.25, 0.3) is 0 Å². The van der Waals surface area contributed by atoms with Gasteiger partial charge in [-0.05, 0) is 38.5 Å². The van der Waals surface area contributed by atoms with E-state index < -0.39 is 0 Å². The molecule has 0 unspecified atom stereocenters. The summed E-state index contributed by atoms with van der Waals surface area (Å²) in [5.74, 6) is 2.44. The molecule has 0 aliphatic heterocycles. The number of para-hydroxylation sites is 2. The van der Waals surface area contributed by atoms with E-state index in [0.29, 0.717) is 12.6 Å². The van der Waals surface area contributed by atoms with Gasteiger partial charge in [-0.2, -0.15) is 0 Å². The molecular weight excluding hydrogens is 336 g/mol. The standard InChI is InChI=1S/C22H26N4O/c1-4-27-20-13-9-8-12-19(20)25-21-14-22(24-16-23-21)26(17(2)3)15-18-10-6-5-7-11-18/h5-14,16-17H,4,15H2,1-3H3,(H,23,24,25). The van der Waals surface area contributed by atoms with Crippen molar-refractivity contribution in [2.45, 2.75) is 33.4 Å². The van der Waals surface area contributed by atoms with Gasteiger partial charge in [-0.3, -0.25) is 0 Å². The third-order valence-corrected chi connectivity index (χ3v) is 4.22. The third kappa shape index (κ3) is 4.97. The first kappa shape index (κ1) is 18.7. The van der Waals surface area contributed by atoms with Gasteiger partial charge in [0, 0.05) is 18.7 Å². The van der Waals surface area contributed by atoms with Gasteiger partial charge in [-0.25, -0.2) is 9.97 Å². The summed E-state index contributed by atoms with van der Waals surface area (Å²) in [6, 6.07) is 20.6. The van der Waals surface area contributed by atoms with Crippen LogP contribution in [0.5, 0.6) is 5.75 Å². The summed E-state index contributed by atoms with van der Waals surface area (Å²) in [7, 11) is 0. The Morgan fingerprint density at radius 1 is 1.00 bits per heavy atom. The zero-order valence-electron chi connectivity index (χ0n) is 16.1. The number of nitrogens with one attached hydrogen (secondary N) is 1. The Bertz CT molecular complexity index is 852. The normalized spacial score (nSPS) is 10.7. The number of hydrogen-bond acceptors (Lipinski definition) is 5. The Balaban J connectivity index is 1.83. The van der Waals surface area contributed by atoms with Crippen LogP contribution in [0.2, 0.25) is 0 Å². The molecule has 0 saturated carbocycles. The minimum atomic E-state index is 0.309. The lowest BCUT2D eigenvalue weighted by Gasteiger charge is -2.28. The predicted molar refractivity (Wildman–Crippen MR) is 111 cm³/mol. The third-order valence-electron chi connectivity index (χ3n) is 4.22. The molecule has 1 heterocycles. The molecule has 0 amide bonds. The highest BCUT2D eigenvalue weighted by molar-refractivity contribution is 5.65. The molecule has 0 saturated heterocycles. The van der Waals surface area contributed by atoms with E-state index in [0.717, 1.165) is 29.6 Å². The van der Waals surface area contributed by atoms with Gasteiger partial charge in [-0.15, -0.1) is 0 Å². The largest absolute Gasteiger partial charge is 0.492 e. The van der Waals surface area contributed by atoms with Gasteiger partial charge in [0.05, 0.1) is 12.3 Å². The molecule has 3 aromatic rings. The second-order valence-electron chi connectivity index (χ2n) is 6.52. The molecule has 0 aliphatic carbocycles. The number of aromatic nitrogens is 2. The van der Waals surface area contributed by atoms with Crippen molar-refractivity contribution >= 4 is 17.3 Å². The van der Waals surface area contributed by atoms with Crippen LogP contribution >= 0.6 is 0 Å². The number of rotatable bonds is 8. The second kappa shape index (κ2) is 9.03. The zero-order chi connectivity index (χ0) is 19.1. The van der Waals surface area contributed by atoms with Crippen molar-refractivity contribution in [3.63, 3.8) is 0 Å². The maximum Gasteiger partial charge on any atom is 0.142 e. The minimum Gasteiger partial charge on any atom is -0.492 e. The van der Waals surface area contributed by atoms with Gasteiger partial charge in [0.2, 0.25) is 0 Å². The van der Waals surface area contributed by atoms with Crippen molar-refractivity contribution in [1.29, 1.82) is 0 Å². The number of hydrogen-bond donors (Lipinski definition) is 1. The molecule has 1 aromatic heterocycles. The summed E-state index contributed by atoms with van der Waals surface area (Å²) in [5, 5.41) is 3.35. The van der Waals surface area contributed by atoms with Crippen LogP contribution in [0.15, 0.2) is 67.0 Å². The Kier molecular flexibility index (Phi) is 6.26. The molecule has 0 bridgehead atoms. The van der Waals surface area contributed by atoms with E-state index in [2.05, 4.69) is 58.3 Å². The monoisotopic (exact) mass is 362 g/mol. The molecule has 3 rings (SSSR count). The van der Waals surface area contributed by atoms with E-state index in [1.807, 2.05) is 43.3 Å². The topological polar surface area (TPSA) is 50.3 Å². The molecule has 2 aromatic carbocycles. The Labute approximate surface area is 161 Å². The molecule has 0 fully saturated rings. The van der Waals surface area contributed by atoms with Crippen LogP contribution in [0, 0.1) is 0 Å². The van der Waals surface area contributed by atoms with E-state index >= 15 is 0 Å². The van der Waals surface area contributed by atoms with Gasteiger partial charge < -0.3 is 15.0 Å². The molecule has 0 aliphatic rings. The summed E-state index contributed by atoms with van der Waals surface area (Å²) >= 11 is 0. The smallest absolute Gasteiger partial charge is 0.142 e. The lowest BCUT2D eigenvalue weighted by molar-refractivity contribution is 0.342. The average Bonchev–Trinajstić information content (AvgIpc) is 2.69. The fraction of sp³-hybridized carbons (Fsp3) is 0.273. The first-order valence-electron chi connectivity index (χ1n) is 9.29. The summed E-state index contributed by atoms with van der Waals surface area (Å²) in [6.07, 6.45) is 1.60. The molecule has 0 atom stereocenters. The maximum atomic E-state index is 5.69. The average molecular weight is 362 g/mol. The van der Waals surface area contributed by atoms with Crippen LogP contribution < -0.4 is 15.0 Å². The number of benzene rings is 2. The molecule has 5 nitrogen and oxygen atoms in total. The first-order valence-corrected chi connectivity index (χ1v) is 9.29. The second-order valence-corrected chi connectivity index (χ2v) is 6.52. The fourth-order valence-corrected chi connectivity index (χ4v) is 2.87. The van der Waals surface area contributed by atoms with Gasteiger partial charge in [-0.1, -0.05) is 42.5 Å². The molecule has 140 valence electrons. The molecular formula is C22H26N4O. The van der Waals surface area contributed by atoms with Crippen LogP contribution in [0.3, 0.4) is 0 Å². The van der Waals surface area contributed by atoms with Gasteiger partial charge in [0.25, 0.3) is 0 Å². The van der Waals surface area contributed by atoms with Crippen LogP contribution in [0.1, 0.15) is 26.3 Å². The van der Waals surface area contributed by atoms with Gasteiger partial charge in [0.15, 0.2) is 0 Å². The van der Waals surface area contributed by atoms with Crippen molar-refractivity contribution < 1.29 is 4.74 Å². The lowest BCUT2D eigenvalue weighted by atomic mass is 10.2. The fourth-order valence-electron chi connectivity index (χ4n) is 2.87. The van der Waals surface area contributed by atoms with E-state index in [9.17, 15) is 0 Å². The van der Waals surface area contributed by atoms with E-state index in [1.165, 1.54) is 5.56 Å². The predicted octanol–water partition coefficient (Wildman–Crippen LogP) is 5.03. The highest BCUT2D eigenvalue weighted by atomic mass is 16.5. The Morgan fingerprint density at radius 3 is 2.48 bits per heavy atom. The van der Waals surface area contributed by atoms with E-state index in [-0.39, 0.29) is 0 Å². The molecule has 1 N–H and O–H groups in total. The Morgan fingerprint density at radius 2 is 1.74 bits per heavy atom. The van der Waals surface area contributed by atoms with Gasteiger partial charge in [0.1, 0.15) is 23.7 Å². The van der Waals surface area contributed by atoms with Gasteiger partial charge >= 0.3 is 0 Å². The number of nitrogens with zero attached hydrogens (tertiary/aromatic N) is 3. The van der Waals surface area contributed by atoms with Crippen molar-refractivity contribution in [3.8, 4) is 5.75 Å². The summed E-state index contributed by atoms with van der Waals surface area (Å²) < 4.78 is 5.69. The SMILES string of the molecule is CCOc1ccccc1Nc1cc(N(Cc2ccccc2)C(C)C)ncn1. The number of anilines is 3. The maximum absolute atomic E-state index is 5.69. The molecule has 0 radical (unpaired) electrons. The van der Waals surface area contributed by atoms with Crippen LogP contribution in [-0.2, 0) is 6.54 Å². The van der Waals surface area contributed by atoms with Crippen LogP contribution in [0.4, 0.5) is 17.3 Å². The van der Waals surface area contributed by atoms with Crippen LogP contribution in [-0.4, -0.2) is 22.6 Å². The van der Waals surface area contributed by atoms with E-state index in [1.54, 1.807) is 6.33 Å². The van der Waals surface area contributed by atoms with E-state index in [4.69, 9.17) is 4.74 Å². The number of ether oxygens (including phenoxy) is 1. The van der Waals surface area contributed by atoms with Crippen molar-refractivity contribution in [2.24, 2.45) is 0 Å². The molecule has 5 heteroatoms. The van der Waals surface area contributed by atoms with Crippen molar-refractivity contribution in [3.05, 3.63) is 72.6 Å². The minimum absolute atomic E-state index is 0.309. The summed E-state index contributed by atoms with van der Waals surface area (Å²) in [4.78, 5) is 11.1. The van der Waals surface area contributed by atoms with Crippen molar-refractivity contribution in [2.75, 3.05) is 16.8 Å². The molecule has 27 heavy (non-hydrogen) atoms. The zero-order valence-corrected chi connectivity index (χ0v) is 16.1. The van der Waals surface area contributed by atoms with Crippen molar-refractivity contribution in [1.82, 2.24) is 9.97 Å². The lowest BCUT2D eigenvalue weighted by Crippen LogP contribution is -2.31. The summed E-state index contributed by atoms with van der Waals surface area (Å²) in [6.45, 7) is 7.73.